The Hall–Kier alpha value is -2.25. The van der Waals surface area contributed by atoms with E-state index in [1.54, 1.807) is 0 Å². The fourth-order valence-corrected chi connectivity index (χ4v) is 4.53. The molecule has 0 aliphatic carbocycles. The highest BCUT2D eigenvalue weighted by Crippen LogP contribution is 2.41. The van der Waals surface area contributed by atoms with Crippen LogP contribution in [0, 0.1) is 0 Å². The molecule has 2 heterocycles. The Balaban J connectivity index is 0.00000256. The number of hydrogen-bond donors (Lipinski definition) is 1. The molecule has 0 aromatic heterocycles. The van der Waals surface area contributed by atoms with Gasteiger partial charge in [0.15, 0.2) is 0 Å². The van der Waals surface area contributed by atoms with E-state index in [4.69, 9.17) is 4.74 Å². The molecule has 1 fully saturated rings. The number of carbonyl (C=O) groups is 1. The van der Waals surface area contributed by atoms with Crippen molar-refractivity contribution in [2.24, 2.45) is 0 Å². The molecule has 1 amide bonds. The molecule has 162 valence electrons. The Morgan fingerprint density at radius 1 is 1.20 bits per heavy atom. The van der Waals surface area contributed by atoms with Gasteiger partial charge in [0.25, 0.3) is 5.91 Å². The first-order valence-corrected chi connectivity index (χ1v) is 9.73. The van der Waals surface area contributed by atoms with Crippen molar-refractivity contribution >= 4 is 24.0 Å². The average Bonchev–Trinajstić information content (AvgIpc) is 3.18. The van der Waals surface area contributed by atoms with Crippen LogP contribution in [-0.2, 0) is 12.6 Å². The van der Waals surface area contributed by atoms with Crippen LogP contribution in [0.25, 0.3) is 0 Å². The SMILES string of the molecule is COc1ccc(C(=O)Nc2ccc3c(c2)C2CCCN2C(C)C3)cc1C(F)(F)F.Cl. The minimum Gasteiger partial charge on any atom is -0.496 e. The number of hydrogen-bond acceptors (Lipinski definition) is 3. The second-order valence-electron chi connectivity index (χ2n) is 7.73. The molecule has 8 heteroatoms. The normalized spacial score (nSPS) is 20.7. The van der Waals surface area contributed by atoms with Crippen molar-refractivity contribution in [3.63, 3.8) is 0 Å². The monoisotopic (exact) mass is 440 g/mol. The predicted molar refractivity (Wildman–Crippen MR) is 111 cm³/mol. The van der Waals surface area contributed by atoms with E-state index in [0.717, 1.165) is 31.9 Å². The first-order valence-electron chi connectivity index (χ1n) is 9.73. The highest BCUT2D eigenvalue weighted by Gasteiger charge is 2.36. The summed E-state index contributed by atoms with van der Waals surface area (Å²) < 4.78 is 44.5. The van der Waals surface area contributed by atoms with Crippen molar-refractivity contribution < 1.29 is 22.7 Å². The smallest absolute Gasteiger partial charge is 0.419 e. The summed E-state index contributed by atoms with van der Waals surface area (Å²) in [5.74, 6) is -0.885. The summed E-state index contributed by atoms with van der Waals surface area (Å²) in [6, 6.07) is 9.99. The zero-order chi connectivity index (χ0) is 20.8. The maximum atomic E-state index is 13.2. The lowest BCUT2D eigenvalue weighted by molar-refractivity contribution is -0.138. The Kier molecular flexibility index (Phi) is 6.34. The van der Waals surface area contributed by atoms with E-state index in [1.807, 2.05) is 18.2 Å². The molecular formula is C22H24ClF3N2O2. The van der Waals surface area contributed by atoms with Gasteiger partial charge in [0.1, 0.15) is 5.75 Å². The summed E-state index contributed by atoms with van der Waals surface area (Å²) in [5, 5.41) is 2.75. The van der Waals surface area contributed by atoms with E-state index in [0.29, 0.717) is 17.8 Å². The second-order valence-corrected chi connectivity index (χ2v) is 7.73. The maximum absolute atomic E-state index is 13.2. The second kappa shape index (κ2) is 8.47. The minimum absolute atomic E-state index is 0. The molecule has 0 spiro atoms. The fourth-order valence-electron chi connectivity index (χ4n) is 4.53. The largest absolute Gasteiger partial charge is 0.496 e. The number of benzene rings is 2. The predicted octanol–water partition coefficient (Wildman–Crippen LogP) is 5.47. The number of halogens is 4. The minimum atomic E-state index is -4.60. The highest BCUT2D eigenvalue weighted by molar-refractivity contribution is 6.04. The van der Waals surface area contributed by atoms with Gasteiger partial charge in [-0.05, 0) is 74.2 Å². The summed E-state index contributed by atoms with van der Waals surface area (Å²) in [7, 11) is 1.17. The standard InChI is InChI=1S/C22H23F3N2O2.ClH/c1-13-10-14-5-7-16(12-17(14)19-4-3-9-27(13)19)26-21(28)15-6-8-20(29-2)18(11-15)22(23,24)25;/h5-8,11-13,19H,3-4,9-10H2,1-2H3,(H,26,28);1H. The number of carbonyl (C=O) groups excluding carboxylic acids is 1. The van der Waals surface area contributed by atoms with Crippen LogP contribution < -0.4 is 10.1 Å². The summed E-state index contributed by atoms with van der Waals surface area (Å²) in [6.45, 7) is 3.31. The quantitative estimate of drug-likeness (QED) is 0.688. The molecule has 0 bridgehead atoms. The fraction of sp³-hybridized carbons (Fsp3) is 0.409. The molecule has 0 saturated carbocycles. The van der Waals surface area contributed by atoms with E-state index in [-0.39, 0.29) is 23.7 Å². The molecule has 2 aromatic rings. The lowest BCUT2D eigenvalue weighted by Crippen LogP contribution is -2.38. The van der Waals surface area contributed by atoms with Gasteiger partial charge in [-0.15, -0.1) is 12.4 Å². The summed E-state index contributed by atoms with van der Waals surface area (Å²) >= 11 is 0. The van der Waals surface area contributed by atoms with Crippen LogP contribution in [0.15, 0.2) is 36.4 Å². The van der Waals surface area contributed by atoms with Crippen LogP contribution in [0.1, 0.15) is 52.9 Å². The van der Waals surface area contributed by atoms with Gasteiger partial charge in [-0.3, -0.25) is 9.69 Å². The zero-order valence-electron chi connectivity index (χ0n) is 16.8. The van der Waals surface area contributed by atoms with E-state index >= 15 is 0 Å². The average molecular weight is 441 g/mol. The molecule has 2 aliphatic heterocycles. The van der Waals surface area contributed by atoms with Gasteiger partial charge in [-0.1, -0.05) is 6.07 Å². The molecule has 30 heavy (non-hydrogen) atoms. The molecule has 1 N–H and O–H groups in total. The molecule has 2 aliphatic rings. The van der Waals surface area contributed by atoms with Crippen molar-refractivity contribution in [2.45, 2.75) is 44.4 Å². The Morgan fingerprint density at radius 2 is 1.97 bits per heavy atom. The molecule has 0 radical (unpaired) electrons. The summed E-state index contributed by atoms with van der Waals surface area (Å²) in [5.41, 5.74) is 2.06. The van der Waals surface area contributed by atoms with Crippen molar-refractivity contribution in [1.82, 2.24) is 4.90 Å². The van der Waals surface area contributed by atoms with Crippen LogP contribution in [0.5, 0.6) is 5.75 Å². The lowest BCUT2D eigenvalue weighted by atomic mass is 9.89. The van der Waals surface area contributed by atoms with Crippen LogP contribution in [0.3, 0.4) is 0 Å². The van der Waals surface area contributed by atoms with Crippen LogP contribution >= 0.6 is 12.4 Å². The highest BCUT2D eigenvalue weighted by atomic mass is 35.5. The molecule has 2 aromatic carbocycles. The third-order valence-corrected chi connectivity index (χ3v) is 5.91. The van der Waals surface area contributed by atoms with Gasteiger partial charge < -0.3 is 10.1 Å². The molecule has 2 unspecified atom stereocenters. The number of anilines is 1. The Morgan fingerprint density at radius 3 is 2.67 bits per heavy atom. The molecule has 4 nitrogen and oxygen atoms in total. The van der Waals surface area contributed by atoms with Crippen molar-refractivity contribution in [3.8, 4) is 5.75 Å². The summed E-state index contributed by atoms with van der Waals surface area (Å²) in [4.78, 5) is 15.1. The van der Waals surface area contributed by atoms with Crippen molar-refractivity contribution in [2.75, 3.05) is 19.0 Å². The number of ether oxygens (including phenoxy) is 1. The number of amides is 1. The van der Waals surface area contributed by atoms with Crippen LogP contribution in [-0.4, -0.2) is 30.5 Å². The van der Waals surface area contributed by atoms with Crippen molar-refractivity contribution in [1.29, 1.82) is 0 Å². The first-order chi connectivity index (χ1) is 13.8. The van der Waals surface area contributed by atoms with Gasteiger partial charge in [-0.25, -0.2) is 0 Å². The molecular weight excluding hydrogens is 417 g/mol. The van der Waals surface area contributed by atoms with E-state index in [1.165, 1.54) is 30.4 Å². The van der Waals surface area contributed by atoms with Gasteiger partial charge in [0, 0.05) is 23.3 Å². The van der Waals surface area contributed by atoms with E-state index in [2.05, 4.69) is 17.1 Å². The first kappa shape index (κ1) is 22.4. The summed E-state index contributed by atoms with van der Waals surface area (Å²) in [6.07, 6.45) is -1.40. The molecule has 2 atom stereocenters. The Bertz CT molecular complexity index is 948. The number of methoxy groups -OCH3 is 1. The number of nitrogens with one attached hydrogen (secondary N) is 1. The molecule has 1 saturated heterocycles. The van der Waals surface area contributed by atoms with Gasteiger partial charge >= 0.3 is 6.18 Å². The van der Waals surface area contributed by atoms with E-state index < -0.39 is 17.6 Å². The van der Waals surface area contributed by atoms with E-state index in [9.17, 15) is 18.0 Å². The maximum Gasteiger partial charge on any atom is 0.419 e. The van der Waals surface area contributed by atoms with Crippen LogP contribution in [0.2, 0.25) is 0 Å². The van der Waals surface area contributed by atoms with Gasteiger partial charge in [-0.2, -0.15) is 13.2 Å². The van der Waals surface area contributed by atoms with Gasteiger partial charge in [0.05, 0.1) is 12.7 Å². The third kappa shape index (κ3) is 4.14. The molecule has 4 rings (SSSR count). The zero-order valence-corrected chi connectivity index (χ0v) is 17.6. The topological polar surface area (TPSA) is 41.6 Å². The Labute approximate surface area is 179 Å². The van der Waals surface area contributed by atoms with Gasteiger partial charge in [0.2, 0.25) is 0 Å². The lowest BCUT2D eigenvalue weighted by Gasteiger charge is -2.37. The van der Waals surface area contributed by atoms with Crippen LogP contribution in [0.4, 0.5) is 18.9 Å². The third-order valence-electron chi connectivity index (χ3n) is 5.91. The number of alkyl halides is 3. The number of fused-ring (bicyclic) bond motifs is 3. The number of rotatable bonds is 3. The van der Waals surface area contributed by atoms with Crippen molar-refractivity contribution in [3.05, 3.63) is 58.7 Å². The number of nitrogens with zero attached hydrogens (tertiary/aromatic N) is 1.